The van der Waals surface area contributed by atoms with Gasteiger partial charge in [0.15, 0.2) is 0 Å². The second-order valence-corrected chi connectivity index (χ2v) is 3.19. The van der Waals surface area contributed by atoms with E-state index in [0.717, 1.165) is 25.9 Å². The predicted octanol–water partition coefficient (Wildman–Crippen LogP) is 0.670. The molecule has 0 aliphatic carbocycles. The summed E-state index contributed by atoms with van der Waals surface area (Å²) < 4.78 is 0. The molecule has 0 aromatic heterocycles. The van der Waals surface area contributed by atoms with Crippen LogP contribution in [0.15, 0.2) is 0 Å². The summed E-state index contributed by atoms with van der Waals surface area (Å²) in [6, 6.07) is 0. The lowest BCUT2D eigenvalue weighted by Crippen LogP contribution is -2.23. The quantitative estimate of drug-likeness (QED) is 0.575. The van der Waals surface area contributed by atoms with Gasteiger partial charge in [-0.3, -0.25) is 0 Å². The van der Waals surface area contributed by atoms with Crippen molar-refractivity contribution < 1.29 is 9.90 Å². The Morgan fingerprint density at radius 2 is 2.00 bits per heavy atom. The summed E-state index contributed by atoms with van der Waals surface area (Å²) in [6.45, 7) is 3.52. The molecule has 0 saturated heterocycles. The van der Waals surface area contributed by atoms with E-state index in [-0.39, 0.29) is 12.4 Å². The smallest absolute Gasteiger partial charge is 0.129 e. The Morgan fingerprint density at radius 3 is 2.50 bits per heavy atom. The van der Waals surface area contributed by atoms with Crippen LogP contribution in [0.3, 0.4) is 0 Å². The monoisotopic (exact) mass is 173 g/mol. The highest BCUT2D eigenvalue weighted by molar-refractivity contribution is 5.75. The summed E-state index contributed by atoms with van der Waals surface area (Å²) in [4.78, 5) is 12.6. The summed E-state index contributed by atoms with van der Waals surface area (Å²) in [6.07, 6.45) is 2.69. The Balaban J connectivity index is 3.13. The number of ketones is 1. The molecule has 0 aliphatic rings. The molecule has 0 unspecified atom stereocenters. The van der Waals surface area contributed by atoms with Crippen LogP contribution >= 0.6 is 0 Å². The van der Waals surface area contributed by atoms with E-state index in [4.69, 9.17) is 5.11 Å². The Hall–Kier alpha value is -0.410. The van der Waals surface area contributed by atoms with Gasteiger partial charge in [0.05, 0.1) is 6.61 Å². The third-order valence-corrected chi connectivity index (χ3v) is 1.80. The molecule has 3 heteroatoms. The van der Waals surface area contributed by atoms with Gasteiger partial charge in [0.1, 0.15) is 5.78 Å². The normalized spacial score (nSPS) is 10.7. The first-order valence-corrected chi connectivity index (χ1v) is 4.45. The summed E-state index contributed by atoms with van der Waals surface area (Å²) >= 11 is 0. The third kappa shape index (κ3) is 7.69. The zero-order valence-electron chi connectivity index (χ0n) is 8.05. The number of Topliss-reactive ketones (excluding diaryl/α,β-unsaturated/α-hetero) is 1. The van der Waals surface area contributed by atoms with Crippen molar-refractivity contribution in [3.63, 3.8) is 0 Å². The first-order valence-electron chi connectivity index (χ1n) is 4.45. The first-order chi connectivity index (χ1) is 5.66. The second-order valence-electron chi connectivity index (χ2n) is 3.19. The Kier molecular flexibility index (Phi) is 7.00. The molecule has 0 aliphatic heterocycles. The minimum absolute atomic E-state index is 0.212. The van der Waals surface area contributed by atoms with Crippen LogP contribution in [0.25, 0.3) is 0 Å². The zero-order valence-corrected chi connectivity index (χ0v) is 8.05. The van der Waals surface area contributed by atoms with Crippen molar-refractivity contribution in [3.8, 4) is 0 Å². The van der Waals surface area contributed by atoms with Gasteiger partial charge in [-0.1, -0.05) is 0 Å². The van der Waals surface area contributed by atoms with E-state index in [2.05, 4.69) is 4.90 Å². The van der Waals surface area contributed by atoms with Crippen LogP contribution in [-0.2, 0) is 4.79 Å². The molecular weight excluding hydrogens is 154 g/mol. The minimum atomic E-state index is 0.212. The van der Waals surface area contributed by atoms with E-state index in [9.17, 15) is 4.79 Å². The average molecular weight is 173 g/mol. The van der Waals surface area contributed by atoms with Crippen molar-refractivity contribution in [2.75, 3.05) is 26.7 Å². The number of carbonyl (C=O) groups is 1. The maximum Gasteiger partial charge on any atom is 0.129 e. The average Bonchev–Trinajstić information content (AvgIpc) is 1.98. The first kappa shape index (κ1) is 11.6. The third-order valence-electron chi connectivity index (χ3n) is 1.80. The molecule has 3 nitrogen and oxygen atoms in total. The van der Waals surface area contributed by atoms with Crippen molar-refractivity contribution in [1.82, 2.24) is 4.90 Å². The topological polar surface area (TPSA) is 40.5 Å². The molecule has 0 heterocycles. The highest BCUT2D eigenvalue weighted by atomic mass is 16.3. The van der Waals surface area contributed by atoms with Gasteiger partial charge < -0.3 is 14.8 Å². The molecule has 0 spiro atoms. The van der Waals surface area contributed by atoms with Crippen molar-refractivity contribution >= 4 is 5.78 Å². The Morgan fingerprint density at radius 1 is 1.33 bits per heavy atom. The van der Waals surface area contributed by atoms with E-state index >= 15 is 0 Å². The molecule has 1 N–H and O–H groups in total. The zero-order chi connectivity index (χ0) is 9.40. The molecule has 0 bridgehead atoms. The maximum absolute atomic E-state index is 10.6. The number of unbranched alkanes of at least 4 members (excludes halogenated alkanes) is 1. The van der Waals surface area contributed by atoms with E-state index in [1.807, 2.05) is 7.05 Å². The lowest BCUT2D eigenvalue weighted by molar-refractivity contribution is -0.117. The fourth-order valence-corrected chi connectivity index (χ4v) is 1.04. The molecular formula is C9H19NO2. The van der Waals surface area contributed by atoms with Crippen molar-refractivity contribution in [2.45, 2.75) is 26.2 Å². The molecule has 12 heavy (non-hydrogen) atoms. The van der Waals surface area contributed by atoms with Gasteiger partial charge in [0.25, 0.3) is 0 Å². The fraction of sp³-hybridized carbons (Fsp3) is 0.889. The van der Waals surface area contributed by atoms with Crippen LogP contribution in [0.2, 0.25) is 0 Å². The predicted molar refractivity (Wildman–Crippen MR) is 49.1 cm³/mol. The summed E-state index contributed by atoms with van der Waals surface area (Å²) in [5, 5.41) is 8.59. The lowest BCUT2D eigenvalue weighted by atomic mass is 10.2. The maximum atomic E-state index is 10.6. The van der Waals surface area contributed by atoms with Crippen molar-refractivity contribution in [1.29, 1.82) is 0 Å². The molecule has 0 radical (unpaired) electrons. The van der Waals surface area contributed by atoms with Crippen molar-refractivity contribution in [3.05, 3.63) is 0 Å². The summed E-state index contributed by atoms with van der Waals surface area (Å²) in [7, 11) is 1.98. The molecule has 0 aromatic carbocycles. The number of carbonyl (C=O) groups excluding carboxylic acids is 1. The summed E-state index contributed by atoms with van der Waals surface area (Å²) in [5.41, 5.74) is 0. The van der Waals surface area contributed by atoms with Gasteiger partial charge in [-0.25, -0.2) is 0 Å². The van der Waals surface area contributed by atoms with Gasteiger partial charge in [-0.05, 0) is 33.4 Å². The lowest BCUT2D eigenvalue weighted by Gasteiger charge is -2.13. The van der Waals surface area contributed by atoms with Crippen LogP contribution < -0.4 is 0 Å². The van der Waals surface area contributed by atoms with E-state index in [1.54, 1.807) is 6.92 Å². The van der Waals surface area contributed by atoms with E-state index < -0.39 is 0 Å². The number of nitrogens with zero attached hydrogens (tertiary/aromatic N) is 1. The molecule has 0 atom stereocenters. The van der Waals surface area contributed by atoms with Crippen LogP contribution in [-0.4, -0.2) is 42.5 Å². The number of likely N-dealkylation sites (N-methyl/N-ethyl adjacent to an activating group) is 1. The highest BCUT2D eigenvalue weighted by Crippen LogP contribution is 1.97. The van der Waals surface area contributed by atoms with Crippen LogP contribution in [0.5, 0.6) is 0 Å². The number of aliphatic hydroxyl groups excluding tert-OH is 1. The van der Waals surface area contributed by atoms with Crippen molar-refractivity contribution in [2.24, 2.45) is 0 Å². The van der Waals surface area contributed by atoms with Gasteiger partial charge in [-0.2, -0.15) is 0 Å². The van der Waals surface area contributed by atoms with Gasteiger partial charge in [0.2, 0.25) is 0 Å². The van der Waals surface area contributed by atoms with Crippen LogP contribution in [0.1, 0.15) is 26.2 Å². The largest absolute Gasteiger partial charge is 0.395 e. The molecule has 0 aromatic rings. The number of rotatable bonds is 7. The molecule has 72 valence electrons. The fourth-order valence-electron chi connectivity index (χ4n) is 1.04. The second kappa shape index (κ2) is 7.25. The van der Waals surface area contributed by atoms with Gasteiger partial charge in [-0.15, -0.1) is 0 Å². The number of hydrogen-bond donors (Lipinski definition) is 1. The highest BCUT2D eigenvalue weighted by Gasteiger charge is 1.97. The van der Waals surface area contributed by atoms with E-state index in [1.165, 1.54) is 0 Å². The summed E-state index contributed by atoms with van der Waals surface area (Å²) in [5.74, 6) is 0.264. The Labute approximate surface area is 74.4 Å². The van der Waals surface area contributed by atoms with Crippen LogP contribution in [0, 0.1) is 0 Å². The molecule has 0 amide bonds. The minimum Gasteiger partial charge on any atom is -0.395 e. The van der Waals surface area contributed by atoms with Crippen LogP contribution in [0.4, 0.5) is 0 Å². The molecule has 0 rings (SSSR count). The van der Waals surface area contributed by atoms with Gasteiger partial charge >= 0.3 is 0 Å². The SMILES string of the molecule is CC(=O)CCCCN(C)CCO. The number of hydrogen-bond acceptors (Lipinski definition) is 3. The molecule has 0 saturated carbocycles. The van der Waals surface area contributed by atoms with Gasteiger partial charge in [0, 0.05) is 13.0 Å². The van der Waals surface area contributed by atoms with E-state index in [0.29, 0.717) is 6.42 Å². The standard InChI is InChI=1S/C9H19NO2/c1-9(12)5-3-4-6-10(2)7-8-11/h11H,3-8H2,1-2H3. The molecule has 0 fully saturated rings. The Bertz CT molecular complexity index is 126. The number of aliphatic hydroxyl groups is 1.